The van der Waals surface area contributed by atoms with Gasteiger partial charge in [0, 0.05) is 5.56 Å². The molecule has 0 aromatic heterocycles. The molecule has 0 aliphatic carbocycles. The topological polar surface area (TPSA) is 58.4 Å². The molecule has 0 radical (unpaired) electrons. The highest BCUT2D eigenvalue weighted by Crippen LogP contribution is 2.30. The number of nitrogens with one attached hydrogen (secondary N) is 2. The molecule has 7 heteroatoms. The largest absolute Gasteiger partial charge is 0.508 e. The highest BCUT2D eigenvalue weighted by atomic mass is 32.1. The fourth-order valence-electron chi connectivity index (χ4n) is 3.29. The number of methoxy groups -OCH3 is 1. The van der Waals surface area contributed by atoms with Gasteiger partial charge in [-0.05, 0) is 30.4 Å². The molecule has 2 aromatic rings. The van der Waals surface area contributed by atoms with Gasteiger partial charge in [-0.1, -0.05) is 30.3 Å². The van der Waals surface area contributed by atoms with E-state index in [1.54, 1.807) is 13.2 Å². The molecule has 3 N–H and O–H groups in total. The second-order valence-electron chi connectivity index (χ2n) is 6.73. The second-order valence-corrected chi connectivity index (χ2v) is 7.12. The number of para-hydroxylation sites is 3. The van der Waals surface area contributed by atoms with Crippen LogP contribution in [0.4, 0.5) is 5.69 Å². The average molecular weight is 403 g/mol. The molecule has 6 nitrogen and oxygen atoms in total. The number of benzene rings is 2. The Hall–Kier alpha value is -2.35. The number of phenolic OH excluding ortho intramolecular Hbond substituents is 1. The molecule has 28 heavy (non-hydrogen) atoms. The van der Waals surface area contributed by atoms with Gasteiger partial charge in [0.2, 0.25) is 0 Å². The fourth-order valence-corrected chi connectivity index (χ4v) is 3.55. The third kappa shape index (κ3) is 5.34. The van der Waals surface area contributed by atoms with E-state index in [9.17, 15) is 5.11 Å². The highest BCUT2D eigenvalue weighted by molar-refractivity contribution is 7.80. The van der Waals surface area contributed by atoms with Crippen LogP contribution >= 0.6 is 12.2 Å². The first-order valence-corrected chi connectivity index (χ1v) is 9.96. The van der Waals surface area contributed by atoms with Crippen molar-refractivity contribution in [3.05, 3.63) is 54.1 Å². The van der Waals surface area contributed by atoms with E-state index >= 15 is 0 Å². The number of morpholine rings is 1. The summed E-state index contributed by atoms with van der Waals surface area (Å²) in [5, 5.41) is 14.2. The standard InChI is InChI=1S/C21H27N3O3S/c1-26-20-9-5-3-7-18(20)24(16-17-6-2-4-8-19(17)25)21(28)22-10-11-23-12-14-27-15-13-23/h2-9,25H,10-16H2,1H3,(H,22,28)/p+1. The molecule has 1 fully saturated rings. The van der Waals surface area contributed by atoms with Crippen LogP contribution in [0.15, 0.2) is 48.5 Å². The Kier molecular flexibility index (Phi) is 7.47. The summed E-state index contributed by atoms with van der Waals surface area (Å²) >= 11 is 5.72. The Bertz CT molecular complexity index is 781. The zero-order valence-corrected chi connectivity index (χ0v) is 17.0. The maximum absolute atomic E-state index is 10.2. The van der Waals surface area contributed by atoms with Crippen molar-refractivity contribution in [3.8, 4) is 11.5 Å². The summed E-state index contributed by atoms with van der Waals surface area (Å²) in [5.41, 5.74) is 1.67. The van der Waals surface area contributed by atoms with E-state index < -0.39 is 0 Å². The summed E-state index contributed by atoms with van der Waals surface area (Å²) < 4.78 is 10.9. The van der Waals surface area contributed by atoms with Gasteiger partial charge in [-0.25, -0.2) is 0 Å². The zero-order chi connectivity index (χ0) is 19.8. The van der Waals surface area contributed by atoms with Crippen LogP contribution in [0.25, 0.3) is 0 Å². The maximum Gasteiger partial charge on any atom is 0.174 e. The van der Waals surface area contributed by atoms with E-state index in [0.717, 1.165) is 56.4 Å². The number of hydrogen-bond donors (Lipinski definition) is 3. The Labute approximate surface area is 171 Å². The first-order valence-electron chi connectivity index (χ1n) is 9.55. The first-order chi connectivity index (χ1) is 13.7. The Balaban J connectivity index is 1.73. The number of hydrogen-bond acceptors (Lipinski definition) is 4. The van der Waals surface area contributed by atoms with E-state index in [-0.39, 0.29) is 5.75 Å². The van der Waals surface area contributed by atoms with Crippen molar-refractivity contribution in [1.82, 2.24) is 5.32 Å². The molecule has 0 bridgehead atoms. The number of anilines is 1. The molecule has 1 heterocycles. The fraction of sp³-hybridized carbons (Fsp3) is 0.381. The molecule has 1 saturated heterocycles. The second kappa shape index (κ2) is 10.3. The molecule has 0 spiro atoms. The van der Waals surface area contributed by atoms with Gasteiger partial charge < -0.3 is 29.7 Å². The van der Waals surface area contributed by atoms with Gasteiger partial charge in [0.05, 0.1) is 45.6 Å². The van der Waals surface area contributed by atoms with Crippen molar-refractivity contribution in [2.75, 3.05) is 51.4 Å². The van der Waals surface area contributed by atoms with E-state index in [1.807, 2.05) is 47.4 Å². The van der Waals surface area contributed by atoms with E-state index in [4.69, 9.17) is 21.7 Å². The normalized spacial score (nSPS) is 14.5. The molecule has 2 aromatic carbocycles. The van der Waals surface area contributed by atoms with E-state index in [2.05, 4.69) is 5.32 Å². The van der Waals surface area contributed by atoms with Crippen LogP contribution < -0.4 is 19.9 Å². The number of nitrogens with zero attached hydrogens (tertiary/aromatic N) is 1. The molecule has 3 rings (SSSR count). The van der Waals surface area contributed by atoms with Crippen LogP contribution in [0.2, 0.25) is 0 Å². The van der Waals surface area contributed by atoms with Crippen LogP contribution in [-0.2, 0) is 11.3 Å². The Morgan fingerprint density at radius 2 is 1.89 bits per heavy atom. The monoisotopic (exact) mass is 402 g/mol. The van der Waals surface area contributed by atoms with Gasteiger partial charge in [0.15, 0.2) is 5.11 Å². The minimum atomic E-state index is 0.253. The molecule has 0 saturated carbocycles. The quantitative estimate of drug-likeness (QED) is 0.605. The lowest BCUT2D eigenvalue weighted by molar-refractivity contribution is -0.906. The van der Waals surface area contributed by atoms with Gasteiger partial charge in [-0.2, -0.15) is 0 Å². The third-order valence-electron chi connectivity index (χ3n) is 4.90. The predicted molar refractivity (Wildman–Crippen MR) is 114 cm³/mol. The third-order valence-corrected chi connectivity index (χ3v) is 5.26. The molecule has 1 aliphatic heterocycles. The minimum Gasteiger partial charge on any atom is -0.508 e. The van der Waals surface area contributed by atoms with Crippen LogP contribution in [0.3, 0.4) is 0 Å². The van der Waals surface area contributed by atoms with Crippen molar-refractivity contribution < 1.29 is 19.5 Å². The number of phenols is 1. The molecule has 0 atom stereocenters. The summed E-state index contributed by atoms with van der Waals surface area (Å²) in [6, 6.07) is 15.1. The van der Waals surface area contributed by atoms with Gasteiger partial charge in [0.25, 0.3) is 0 Å². The summed E-state index contributed by atoms with van der Waals surface area (Å²) in [6.07, 6.45) is 0. The molecule has 1 aliphatic rings. The van der Waals surface area contributed by atoms with Crippen LogP contribution in [-0.4, -0.2) is 56.7 Å². The van der Waals surface area contributed by atoms with Gasteiger partial charge in [-0.3, -0.25) is 0 Å². The number of aromatic hydroxyl groups is 1. The summed E-state index contributed by atoms with van der Waals surface area (Å²) in [7, 11) is 1.65. The minimum absolute atomic E-state index is 0.253. The average Bonchev–Trinajstić information content (AvgIpc) is 2.74. The predicted octanol–water partition coefficient (Wildman–Crippen LogP) is 1.20. The van der Waals surface area contributed by atoms with Gasteiger partial charge >= 0.3 is 0 Å². The number of quaternary nitrogens is 1. The smallest absolute Gasteiger partial charge is 0.174 e. The van der Waals surface area contributed by atoms with E-state index in [0.29, 0.717) is 11.7 Å². The maximum atomic E-state index is 10.2. The first kappa shape index (κ1) is 20.4. The lowest BCUT2D eigenvalue weighted by atomic mass is 10.1. The Morgan fingerprint density at radius 1 is 1.18 bits per heavy atom. The molecule has 0 amide bonds. The lowest BCUT2D eigenvalue weighted by Gasteiger charge is -2.29. The van der Waals surface area contributed by atoms with Gasteiger partial charge in [-0.15, -0.1) is 0 Å². The summed E-state index contributed by atoms with van der Waals surface area (Å²) in [4.78, 5) is 3.49. The van der Waals surface area contributed by atoms with Crippen molar-refractivity contribution in [1.29, 1.82) is 0 Å². The SMILES string of the molecule is COc1ccccc1N(Cc1ccccc1O)C(=S)NCC[NH+]1CCOCC1. The molecular formula is C21H28N3O3S+. The number of ether oxygens (including phenoxy) is 2. The van der Waals surface area contributed by atoms with E-state index in [1.165, 1.54) is 4.90 Å². The molecular weight excluding hydrogens is 374 g/mol. The summed E-state index contributed by atoms with van der Waals surface area (Å²) in [5.74, 6) is 0.990. The van der Waals surface area contributed by atoms with Crippen molar-refractivity contribution >= 4 is 23.0 Å². The molecule has 150 valence electrons. The highest BCUT2D eigenvalue weighted by Gasteiger charge is 2.19. The lowest BCUT2D eigenvalue weighted by Crippen LogP contribution is -3.14. The number of rotatable bonds is 7. The van der Waals surface area contributed by atoms with Crippen LogP contribution in [0.5, 0.6) is 11.5 Å². The Morgan fingerprint density at radius 3 is 2.64 bits per heavy atom. The van der Waals surface area contributed by atoms with Crippen molar-refractivity contribution in [3.63, 3.8) is 0 Å². The van der Waals surface area contributed by atoms with Crippen LogP contribution in [0, 0.1) is 0 Å². The van der Waals surface area contributed by atoms with Crippen molar-refractivity contribution in [2.45, 2.75) is 6.54 Å². The summed E-state index contributed by atoms with van der Waals surface area (Å²) in [6.45, 7) is 5.91. The van der Waals surface area contributed by atoms with Crippen LogP contribution in [0.1, 0.15) is 5.56 Å². The molecule has 0 unspecified atom stereocenters. The van der Waals surface area contributed by atoms with Crippen molar-refractivity contribution in [2.24, 2.45) is 0 Å². The number of thiocarbonyl (C=S) groups is 1. The van der Waals surface area contributed by atoms with Gasteiger partial charge in [0.1, 0.15) is 24.6 Å². The zero-order valence-electron chi connectivity index (χ0n) is 16.2.